The van der Waals surface area contributed by atoms with Gasteiger partial charge in [0.25, 0.3) is 0 Å². The molecule has 0 fully saturated rings. The maximum atomic E-state index is 5.42. The van der Waals surface area contributed by atoms with Crippen LogP contribution in [0.1, 0.15) is 26.5 Å². The Morgan fingerprint density at radius 2 is 2.18 bits per heavy atom. The van der Waals surface area contributed by atoms with E-state index in [0.29, 0.717) is 6.54 Å². The molecule has 1 N–H and O–H groups in total. The summed E-state index contributed by atoms with van der Waals surface area (Å²) in [7, 11) is 1.88. The number of aromatic nitrogens is 3. The Balaban J connectivity index is 2.17. The molecule has 0 radical (unpaired) electrons. The van der Waals surface area contributed by atoms with Crippen LogP contribution in [-0.4, -0.2) is 20.3 Å². The summed E-state index contributed by atoms with van der Waals surface area (Å²) in [5, 5.41) is 7.52. The number of hydrogen-bond donors (Lipinski definition) is 1. The van der Waals surface area contributed by atoms with Crippen LogP contribution in [0.2, 0.25) is 0 Å². The number of hydrogen-bond acceptors (Lipinski definition) is 4. The van der Waals surface area contributed by atoms with E-state index < -0.39 is 0 Å². The minimum atomic E-state index is 0.0607. The second-order valence-corrected chi connectivity index (χ2v) is 5.13. The van der Waals surface area contributed by atoms with Gasteiger partial charge in [0.15, 0.2) is 12.2 Å². The van der Waals surface area contributed by atoms with E-state index in [9.17, 15) is 0 Å². The van der Waals surface area contributed by atoms with E-state index in [2.05, 4.69) is 36.2 Å². The monoisotopic (exact) mass is 234 g/mol. The Hall–Kier alpha value is -1.62. The minimum absolute atomic E-state index is 0.0607. The smallest absolute Gasteiger partial charge is 0.181 e. The number of nitrogens with one attached hydrogen (secondary N) is 1. The molecule has 0 aliphatic carbocycles. The standard InChI is InChI=1S/C12H18N4O/c1-12(2,3)14-6-10-11(17-8-13-10)9-5-15-16(4)7-9/h5,7-8,14H,6H2,1-4H3. The van der Waals surface area contributed by atoms with Crippen molar-refractivity contribution in [3.8, 4) is 11.3 Å². The molecule has 2 aromatic rings. The molecule has 0 unspecified atom stereocenters. The molecule has 0 spiro atoms. The molecule has 0 saturated carbocycles. The van der Waals surface area contributed by atoms with Crippen LogP contribution in [0.5, 0.6) is 0 Å². The molecule has 5 heteroatoms. The van der Waals surface area contributed by atoms with Crippen LogP contribution in [0, 0.1) is 0 Å². The van der Waals surface area contributed by atoms with Crippen LogP contribution in [0.15, 0.2) is 23.2 Å². The Labute approximate surface area is 101 Å². The molecule has 2 aromatic heterocycles. The van der Waals surface area contributed by atoms with Crippen LogP contribution >= 0.6 is 0 Å². The lowest BCUT2D eigenvalue weighted by Crippen LogP contribution is -2.35. The van der Waals surface area contributed by atoms with E-state index in [-0.39, 0.29) is 5.54 Å². The lowest BCUT2D eigenvalue weighted by molar-refractivity contribution is 0.421. The third kappa shape index (κ3) is 2.94. The van der Waals surface area contributed by atoms with Crippen molar-refractivity contribution in [2.24, 2.45) is 7.05 Å². The third-order valence-electron chi connectivity index (χ3n) is 2.39. The number of oxazole rings is 1. The van der Waals surface area contributed by atoms with Gasteiger partial charge < -0.3 is 9.73 Å². The molecule has 0 aliphatic rings. The Kier molecular flexibility index (Phi) is 3.02. The van der Waals surface area contributed by atoms with Gasteiger partial charge in [-0.15, -0.1) is 0 Å². The molecule has 0 amide bonds. The fraction of sp³-hybridized carbons (Fsp3) is 0.500. The van der Waals surface area contributed by atoms with Gasteiger partial charge >= 0.3 is 0 Å². The first-order valence-electron chi connectivity index (χ1n) is 5.62. The number of aryl methyl sites for hydroxylation is 1. The zero-order valence-corrected chi connectivity index (χ0v) is 10.7. The summed E-state index contributed by atoms with van der Waals surface area (Å²) in [5.74, 6) is 0.787. The lowest BCUT2D eigenvalue weighted by atomic mass is 10.1. The molecule has 92 valence electrons. The quantitative estimate of drug-likeness (QED) is 0.882. The first kappa shape index (κ1) is 11.9. The van der Waals surface area contributed by atoms with Gasteiger partial charge in [0.2, 0.25) is 0 Å². The molecule has 0 atom stereocenters. The molecular formula is C12H18N4O. The second kappa shape index (κ2) is 4.33. The minimum Gasteiger partial charge on any atom is -0.443 e. The SMILES string of the molecule is Cn1cc(-c2ocnc2CNC(C)(C)C)cn1. The largest absolute Gasteiger partial charge is 0.443 e. The average molecular weight is 234 g/mol. The summed E-state index contributed by atoms with van der Waals surface area (Å²) in [4.78, 5) is 4.24. The fourth-order valence-electron chi connectivity index (χ4n) is 1.52. The van der Waals surface area contributed by atoms with E-state index in [4.69, 9.17) is 4.42 Å². The molecule has 2 rings (SSSR count). The van der Waals surface area contributed by atoms with Gasteiger partial charge in [-0.2, -0.15) is 5.10 Å². The number of nitrogens with zero attached hydrogens (tertiary/aromatic N) is 3. The molecule has 2 heterocycles. The normalized spacial score (nSPS) is 12.0. The molecule has 5 nitrogen and oxygen atoms in total. The van der Waals surface area contributed by atoms with Gasteiger partial charge in [-0.05, 0) is 20.8 Å². The maximum absolute atomic E-state index is 5.42. The highest BCUT2D eigenvalue weighted by molar-refractivity contribution is 5.57. The van der Waals surface area contributed by atoms with Crippen molar-refractivity contribution < 1.29 is 4.42 Å². The maximum Gasteiger partial charge on any atom is 0.181 e. The van der Waals surface area contributed by atoms with Crippen molar-refractivity contribution in [3.63, 3.8) is 0 Å². The predicted molar refractivity (Wildman–Crippen MR) is 65.3 cm³/mol. The highest BCUT2D eigenvalue weighted by atomic mass is 16.3. The Morgan fingerprint density at radius 3 is 2.76 bits per heavy atom. The van der Waals surface area contributed by atoms with Crippen molar-refractivity contribution in [3.05, 3.63) is 24.5 Å². The summed E-state index contributed by atoms with van der Waals surface area (Å²) in [5.41, 5.74) is 1.93. The molecule has 17 heavy (non-hydrogen) atoms. The van der Waals surface area contributed by atoms with Crippen LogP contribution in [0.3, 0.4) is 0 Å². The molecule has 0 bridgehead atoms. The zero-order chi connectivity index (χ0) is 12.5. The second-order valence-electron chi connectivity index (χ2n) is 5.13. The Bertz CT molecular complexity index is 493. The van der Waals surface area contributed by atoms with E-state index in [1.165, 1.54) is 6.39 Å². The third-order valence-corrected chi connectivity index (χ3v) is 2.39. The van der Waals surface area contributed by atoms with Gasteiger partial charge in [-0.25, -0.2) is 4.98 Å². The average Bonchev–Trinajstić information content (AvgIpc) is 2.81. The van der Waals surface area contributed by atoms with E-state index >= 15 is 0 Å². The summed E-state index contributed by atoms with van der Waals surface area (Å²) in [6, 6.07) is 0. The first-order valence-corrected chi connectivity index (χ1v) is 5.62. The van der Waals surface area contributed by atoms with Crippen molar-refractivity contribution in [2.75, 3.05) is 0 Å². The van der Waals surface area contributed by atoms with Gasteiger partial charge in [-0.1, -0.05) is 0 Å². The molecular weight excluding hydrogens is 216 g/mol. The van der Waals surface area contributed by atoms with E-state index in [1.807, 2.05) is 13.2 Å². The van der Waals surface area contributed by atoms with Crippen LogP contribution in [0.4, 0.5) is 0 Å². The molecule has 0 saturated heterocycles. The van der Waals surface area contributed by atoms with Crippen LogP contribution in [-0.2, 0) is 13.6 Å². The zero-order valence-electron chi connectivity index (χ0n) is 10.7. The summed E-state index contributed by atoms with van der Waals surface area (Å²) in [6.45, 7) is 7.05. The summed E-state index contributed by atoms with van der Waals surface area (Å²) < 4.78 is 7.17. The number of rotatable bonds is 3. The van der Waals surface area contributed by atoms with Gasteiger partial charge in [0.1, 0.15) is 5.69 Å². The Morgan fingerprint density at radius 1 is 1.41 bits per heavy atom. The topological polar surface area (TPSA) is 55.9 Å². The fourth-order valence-corrected chi connectivity index (χ4v) is 1.52. The van der Waals surface area contributed by atoms with Gasteiger partial charge in [-0.3, -0.25) is 4.68 Å². The highest BCUT2D eigenvalue weighted by Crippen LogP contribution is 2.22. The van der Waals surface area contributed by atoms with Crippen LogP contribution < -0.4 is 5.32 Å². The van der Waals surface area contributed by atoms with Crippen molar-refractivity contribution in [1.82, 2.24) is 20.1 Å². The van der Waals surface area contributed by atoms with Crippen molar-refractivity contribution in [1.29, 1.82) is 0 Å². The highest BCUT2D eigenvalue weighted by Gasteiger charge is 2.15. The predicted octanol–water partition coefficient (Wildman–Crippen LogP) is 1.96. The van der Waals surface area contributed by atoms with Crippen LogP contribution in [0.25, 0.3) is 11.3 Å². The molecule has 0 aromatic carbocycles. The summed E-state index contributed by atoms with van der Waals surface area (Å²) >= 11 is 0. The van der Waals surface area contributed by atoms with Crippen molar-refractivity contribution >= 4 is 0 Å². The first-order chi connectivity index (χ1) is 7.96. The van der Waals surface area contributed by atoms with E-state index in [0.717, 1.165) is 17.0 Å². The van der Waals surface area contributed by atoms with Crippen molar-refractivity contribution in [2.45, 2.75) is 32.9 Å². The lowest BCUT2D eigenvalue weighted by Gasteiger charge is -2.19. The van der Waals surface area contributed by atoms with E-state index in [1.54, 1.807) is 10.9 Å². The van der Waals surface area contributed by atoms with Gasteiger partial charge in [0, 0.05) is 25.3 Å². The molecule has 0 aliphatic heterocycles. The summed E-state index contributed by atoms with van der Waals surface area (Å²) in [6.07, 6.45) is 5.17. The van der Waals surface area contributed by atoms with Gasteiger partial charge in [0.05, 0.1) is 11.8 Å².